The van der Waals surface area contributed by atoms with Crippen LogP contribution in [0, 0.1) is 11.3 Å². The molecule has 2 fully saturated rings. The number of aromatic nitrogens is 1. The summed E-state index contributed by atoms with van der Waals surface area (Å²) in [5, 5.41) is 8.27. The topological polar surface area (TPSA) is 78.8 Å². The maximum atomic E-state index is 12.7. The van der Waals surface area contributed by atoms with E-state index >= 15 is 0 Å². The molecule has 1 saturated heterocycles. The lowest BCUT2D eigenvalue weighted by atomic mass is 9.87. The van der Waals surface area contributed by atoms with Gasteiger partial charge in [-0.05, 0) is 44.6 Å². The summed E-state index contributed by atoms with van der Waals surface area (Å²) < 4.78 is 11.6. The number of carbonyl (C=O) groups is 1. The molecule has 7 heteroatoms. The van der Waals surface area contributed by atoms with E-state index in [4.69, 9.17) is 19.9 Å². The van der Waals surface area contributed by atoms with Gasteiger partial charge >= 0.3 is 6.09 Å². The van der Waals surface area contributed by atoms with Crippen molar-refractivity contribution in [2.24, 2.45) is 5.92 Å². The minimum atomic E-state index is -0.244. The first-order valence-electron chi connectivity index (χ1n) is 12.1. The van der Waals surface area contributed by atoms with Gasteiger partial charge in [-0.15, -0.1) is 0 Å². The van der Waals surface area contributed by atoms with Crippen molar-refractivity contribution in [1.82, 2.24) is 9.88 Å². The first-order chi connectivity index (χ1) is 15.3. The predicted molar refractivity (Wildman–Crippen MR) is 126 cm³/mol. The summed E-state index contributed by atoms with van der Waals surface area (Å²) in [7, 11) is 0. The third kappa shape index (κ3) is 4.49. The number of hydrogen-bond donors (Lipinski definition) is 1. The van der Waals surface area contributed by atoms with Crippen LogP contribution < -0.4 is 4.90 Å². The number of anilines is 1. The van der Waals surface area contributed by atoms with E-state index in [-0.39, 0.29) is 17.7 Å². The number of amides is 1. The van der Waals surface area contributed by atoms with Crippen LogP contribution in [-0.4, -0.2) is 60.1 Å². The Balaban J connectivity index is 1.68. The largest absolute Gasteiger partial charge is 0.449 e. The van der Waals surface area contributed by atoms with Crippen LogP contribution in [0.3, 0.4) is 0 Å². The Labute approximate surface area is 192 Å². The van der Waals surface area contributed by atoms with E-state index < -0.39 is 0 Å². The molecule has 176 valence electrons. The van der Waals surface area contributed by atoms with Crippen LogP contribution in [0.2, 0.25) is 0 Å². The molecule has 3 aliphatic rings. The van der Waals surface area contributed by atoms with Crippen LogP contribution in [-0.2, 0) is 22.5 Å². The van der Waals surface area contributed by atoms with Crippen molar-refractivity contribution in [3.63, 3.8) is 0 Å². The van der Waals surface area contributed by atoms with Gasteiger partial charge in [-0.2, -0.15) is 0 Å². The second kappa shape index (κ2) is 9.00. The molecule has 32 heavy (non-hydrogen) atoms. The van der Waals surface area contributed by atoms with Crippen molar-refractivity contribution >= 4 is 18.1 Å². The second-order valence-corrected chi connectivity index (χ2v) is 10.4. The molecule has 0 aromatic carbocycles. The van der Waals surface area contributed by atoms with Crippen molar-refractivity contribution in [1.29, 1.82) is 5.41 Å². The molecule has 7 nitrogen and oxygen atoms in total. The maximum absolute atomic E-state index is 12.7. The maximum Gasteiger partial charge on any atom is 0.410 e. The molecule has 1 aliphatic carbocycles. The quantitative estimate of drug-likeness (QED) is 0.656. The Morgan fingerprint density at radius 3 is 2.69 bits per heavy atom. The Hall–Kier alpha value is -2.15. The number of carbonyl (C=O) groups excluding carboxylic acids is 1. The number of fused-ring (bicyclic) bond motifs is 1. The molecular formula is C25H38N4O3. The fraction of sp³-hybridized carbons (Fsp3) is 0.720. The minimum Gasteiger partial charge on any atom is -0.449 e. The minimum absolute atomic E-state index is 0.0497. The first kappa shape index (κ1) is 23.0. The standard InChI is InChI=1S/C25H38N4O3/c1-6-11-31-24(30)29-10-9-28(14-21(29)16(2)3)23-19(13-26)18-12-25(4,5)32-15-20(18)22(27-23)17-7-8-17/h13,16-17,21,26H,6-12,14-15H2,1-5H3/t21-/m0/s1. The molecule has 0 spiro atoms. The van der Waals surface area contributed by atoms with Gasteiger partial charge in [-0.1, -0.05) is 20.8 Å². The molecule has 1 aromatic heterocycles. The molecular weight excluding hydrogens is 404 g/mol. The number of ether oxygens (including phenoxy) is 2. The van der Waals surface area contributed by atoms with Crippen LogP contribution >= 0.6 is 0 Å². The lowest BCUT2D eigenvalue weighted by molar-refractivity contribution is -0.0406. The third-order valence-electron chi connectivity index (χ3n) is 6.94. The van der Waals surface area contributed by atoms with Crippen LogP contribution in [0.4, 0.5) is 10.6 Å². The van der Waals surface area contributed by atoms with Gasteiger partial charge in [0.2, 0.25) is 0 Å². The van der Waals surface area contributed by atoms with Gasteiger partial charge in [0.15, 0.2) is 0 Å². The van der Waals surface area contributed by atoms with Crippen LogP contribution in [0.5, 0.6) is 0 Å². The fourth-order valence-corrected chi connectivity index (χ4v) is 4.96. The van der Waals surface area contributed by atoms with Crippen molar-refractivity contribution in [3.8, 4) is 0 Å². The average molecular weight is 443 g/mol. The number of nitrogens with one attached hydrogen (secondary N) is 1. The van der Waals surface area contributed by atoms with Crippen LogP contribution in [0.25, 0.3) is 0 Å². The van der Waals surface area contributed by atoms with Gasteiger partial charge in [0, 0.05) is 49.3 Å². The molecule has 0 bridgehead atoms. The van der Waals surface area contributed by atoms with E-state index in [1.807, 2.05) is 11.8 Å². The number of nitrogens with zero attached hydrogens (tertiary/aromatic N) is 3. The molecule has 1 N–H and O–H groups in total. The smallest absolute Gasteiger partial charge is 0.410 e. The highest BCUT2D eigenvalue weighted by Gasteiger charge is 2.39. The lowest BCUT2D eigenvalue weighted by Gasteiger charge is -2.44. The highest BCUT2D eigenvalue weighted by Crippen LogP contribution is 2.45. The summed E-state index contributed by atoms with van der Waals surface area (Å²) in [4.78, 5) is 22.0. The highest BCUT2D eigenvalue weighted by atomic mass is 16.6. The number of rotatable bonds is 6. The summed E-state index contributed by atoms with van der Waals surface area (Å²) >= 11 is 0. The molecule has 1 amide bonds. The summed E-state index contributed by atoms with van der Waals surface area (Å²) in [6, 6.07) is 0.0497. The summed E-state index contributed by atoms with van der Waals surface area (Å²) in [6.45, 7) is 13.6. The van der Waals surface area contributed by atoms with Gasteiger partial charge in [0.05, 0.1) is 30.6 Å². The van der Waals surface area contributed by atoms with E-state index in [0.29, 0.717) is 44.7 Å². The van der Waals surface area contributed by atoms with E-state index in [1.165, 1.54) is 35.9 Å². The molecule has 1 saturated carbocycles. The lowest BCUT2D eigenvalue weighted by Crippen LogP contribution is -2.57. The Bertz CT molecular complexity index is 878. The molecule has 0 unspecified atom stereocenters. The number of pyridine rings is 1. The van der Waals surface area contributed by atoms with Crippen LogP contribution in [0.1, 0.15) is 82.2 Å². The average Bonchev–Trinajstić information content (AvgIpc) is 3.60. The zero-order valence-corrected chi connectivity index (χ0v) is 20.2. The van der Waals surface area contributed by atoms with Gasteiger partial charge in [0.1, 0.15) is 5.82 Å². The van der Waals surface area contributed by atoms with Gasteiger partial charge in [-0.25, -0.2) is 9.78 Å². The first-order valence-corrected chi connectivity index (χ1v) is 12.1. The number of hydrogen-bond acceptors (Lipinski definition) is 6. The number of piperazine rings is 1. The summed E-state index contributed by atoms with van der Waals surface area (Å²) in [5.41, 5.74) is 4.28. The normalized spacial score (nSPS) is 22.6. The highest BCUT2D eigenvalue weighted by molar-refractivity contribution is 5.88. The predicted octanol–water partition coefficient (Wildman–Crippen LogP) is 4.50. The monoisotopic (exact) mass is 442 g/mol. The SMILES string of the molecule is CCCOC(=O)N1CCN(c2nc(C3CC3)c3c(c2C=N)CC(C)(C)OC3)C[C@H]1C(C)C. The second-order valence-electron chi connectivity index (χ2n) is 10.4. The zero-order valence-electron chi connectivity index (χ0n) is 20.2. The molecule has 0 radical (unpaired) electrons. The van der Waals surface area contributed by atoms with Crippen molar-refractivity contribution in [3.05, 3.63) is 22.4 Å². The summed E-state index contributed by atoms with van der Waals surface area (Å²) in [6.07, 6.45) is 5.23. The van der Waals surface area contributed by atoms with E-state index in [1.54, 1.807) is 0 Å². The van der Waals surface area contributed by atoms with Gasteiger partial charge < -0.3 is 24.7 Å². The van der Waals surface area contributed by atoms with Crippen molar-refractivity contribution < 1.29 is 14.3 Å². The molecule has 2 aliphatic heterocycles. The fourth-order valence-electron chi connectivity index (χ4n) is 4.96. The van der Waals surface area contributed by atoms with E-state index in [0.717, 1.165) is 24.2 Å². The van der Waals surface area contributed by atoms with Gasteiger partial charge in [0.25, 0.3) is 0 Å². The Kier molecular flexibility index (Phi) is 6.48. The van der Waals surface area contributed by atoms with Crippen molar-refractivity contribution in [2.45, 2.75) is 84.5 Å². The van der Waals surface area contributed by atoms with E-state index in [2.05, 4.69) is 32.6 Å². The zero-order chi connectivity index (χ0) is 23.0. The third-order valence-corrected chi connectivity index (χ3v) is 6.94. The van der Waals surface area contributed by atoms with Gasteiger partial charge in [-0.3, -0.25) is 0 Å². The van der Waals surface area contributed by atoms with Crippen molar-refractivity contribution in [2.75, 3.05) is 31.1 Å². The summed E-state index contributed by atoms with van der Waals surface area (Å²) in [5.74, 6) is 1.71. The molecule has 3 heterocycles. The Morgan fingerprint density at radius 2 is 2.06 bits per heavy atom. The van der Waals surface area contributed by atoms with E-state index in [9.17, 15) is 4.79 Å². The molecule has 1 atom stereocenters. The Morgan fingerprint density at radius 1 is 1.31 bits per heavy atom. The van der Waals surface area contributed by atoms with Crippen LogP contribution in [0.15, 0.2) is 0 Å². The molecule has 1 aromatic rings. The molecule has 4 rings (SSSR count).